The second-order valence-corrected chi connectivity index (χ2v) is 10.8. The zero-order valence-electron chi connectivity index (χ0n) is 18.9. The zero-order chi connectivity index (χ0) is 24.1. The second kappa shape index (κ2) is 7.96. The number of Topliss-reactive ketones (excluding diaryl/α,β-unsaturated/α-hetero) is 1. The molecule has 0 unspecified atom stereocenters. The number of aromatic amines is 1. The van der Waals surface area contributed by atoms with Crippen molar-refractivity contribution < 1.29 is 13.2 Å². The number of hydrogen-bond acceptors (Lipinski definition) is 5. The fraction of sp³-hybridized carbons (Fsp3) is 0.269. The molecule has 34 heavy (non-hydrogen) atoms. The predicted octanol–water partition coefficient (Wildman–Crippen LogP) is 3.97. The fourth-order valence-electron chi connectivity index (χ4n) is 5.59. The Morgan fingerprint density at radius 1 is 1.15 bits per heavy atom. The highest BCUT2D eigenvalue weighted by atomic mass is 32.2. The number of carbonyl (C=O) groups is 1. The lowest BCUT2D eigenvalue weighted by molar-refractivity contribution is -0.121. The molecule has 0 spiro atoms. The van der Waals surface area contributed by atoms with Gasteiger partial charge in [-0.1, -0.05) is 49.4 Å². The van der Waals surface area contributed by atoms with Crippen molar-refractivity contribution in [3.63, 3.8) is 0 Å². The highest BCUT2D eigenvalue weighted by molar-refractivity contribution is 7.92. The van der Waals surface area contributed by atoms with Crippen molar-refractivity contribution in [2.75, 3.05) is 11.0 Å². The second-order valence-electron chi connectivity index (χ2n) is 9.08. The first kappa shape index (κ1) is 22.1. The minimum absolute atomic E-state index is 0.00973. The molecule has 1 heterocycles. The first-order valence-corrected chi connectivity index (χ1v) is 13.0. The van der Waals surface area contributed by atoms with Gasteiger partial charge >= 0.3 is 0 Å². The number of allylic oxidation sites excluding steroid dienone is 2. The zero-order valence-corrected chi connectivity index (χ0v) is 19.7. The van der Waals surface area contributed by atoms with E-state index >= 15 is 0 Å². The summed E-state index contributed by atoms with van der Waals surface area (Å²) in [6.45, 7) is 1.92. The number of fused-ring (bicyclic) bond motifs is 3. The van der Waals surface area contributed by atoms with Crippen LogP contribution in [0.4, 0.5) is 5.69 Å². The molecule has 2 N–H and O–H groups in total. The SMILES string of the molecule is C[C@@H]1C(=O)C(C#N)=C[C@]2(c3ccccc3)c3n[nH]c(-c4ccc(NS(C)(=O)=O)cc4)c3CC[C@@H]12. The van der Waals surface area contributed by atoms with Crippen LogP contribution in [0.2, 0.25) is 0 Å². The molecule has 172 valence electrons. The Morgan fingerprint density at radius 2 is 1.85 bits per heavy atom. The molecule has 2 aromatic carbocycles. The number of anilines is 1. The topological polar surface area (TPSA) is 116 Å². The van der Waals surface area contributed by atoms with Crippen LogP contribution in [-0.2, 0) is 26.7 Å². The van der Waals surface area contributed by atoms with Crippen LogP contribution in [-0.4, -0.2) is 30.7 Å². The van der Waals surface area contributed by atoms with Crippen molar-refractivity contribution in [3.8, 4) is 17.3 Å². The number of benzene rings is 2. The molecule has 8 heteroatoms. The van der Waals surface area contributed by atoms with Crippen molar-refractivity contribution in [2.24, 2.45) is 11.8 Å². The van der Waals surface area contributed by atoms with E-state index in [1.807, 2.05) is 55.5 Å². The number of sulfonamides is 1. The Labute approximate surface area is 198 Å². The summed E-state index contributed by atoms with van der Waals surface area (Å²) >= 11 is 0. The molecular weight excluding hydrogens is 448 g/mol. The number of aromatic nitrogens is 2. The van der Waals surface area contributed by atoms with Crippen LogP contribution >= 0.6 is 0 Å². The van der Waals surface area contributed by atoms with Gasteiger partial charge in [-0.25, -0.2) is 8.42 Å². The summed E-state index contributed by atoms with van der Waals surface area (Å²) in [5.41, 5.74) is 4.65. The molecule has 0 fully saturated rings. The first-order chi connectivity index (χ1) is 16.2. The minimum atomic E-state index is -3.36. The Balaban J connectivity index is 1.68. The van der Waals surface area contributed by atoms with Crippen LogP contribution in [0.5, 0.6) is 0 Å². The molecule has 2 aliphatic rings. The van der Waals surface area contributed by atoms with Gasteiger partial charge in [-0.2, -0.15) is 10.4 Å². The van der Waals surface area contributed by atoms with Crippen LogP contribution in [0.3, 0.4) is 0 Å². The maximum Gasteiger partial charge on any atom is 0.229 e. The number of ketones is 1. The Kier molecular flexibility index (Phi) is 5.18. The van der Waals surface area contributed by atoms with E-state index in [1.165, 1.54) is 0 Å². The molecule has 2 aliphatic carbocycles. The quantitative estimate of drug-likeness (QED) is 0.596. The van der Waals surface area contributed by atoms with Crippen molar-refractivity contribution in [3.05, 3.63) is 83.1 Å². The molecule has 1 aromatic heterocycles. The van der Waals surface area contributed by atoms with E-state index in [2.05, 4.69) is 15.9 Å². The van der Waals surface area contributed by atoms with Crippen molar-refractivity contribution in [1.82, 2.24) is 10.2 Å². The summed E-state index contributed by atoms with van der Waals surface area (Å²) in [5, 5.41) is 17.7. The highest BCUT2D eigenvalue weighted by Crippen LogP contribution is 2.54. The average molecular weight is 473 g/mol. The molecule has 0 amide bonds. The Morgan fingerprint density at radius 3 is 2.50 bits per heavy atom. The molecule has 5 rings (SSSR count). The summed E-state index contributed by atoms with van der Waals surface area (Å²) in [6.07, 6.45) is 4.48. The third-order valence-electron chi connectivity index (χ3n) is 7.05. The smallest absolute Gasteiger partial charge is 0.229 e. The summed E-state index contributed by atoms with van der Waals surface area (Å²) < 4.78 is 25.5. The number of nitrogens with zero attached hydrogens (tertiary/aromatic N) is 2. The van der Waals surface area contributed by atoms with Crippen molar-refractivity contribution in [1.29, 1.82) is 5.26 Å². The number of H-pyrrole nitrogens is 1. The van der Waals surface area contributed by atoms with E-state index < -0.39 is 15.4 Å². The summed E-state index contributed by atoms with van der Waals surface area (Å²) in [4.78, 5) is 12.9. The number of nitriles is 1. The van der Waals surface area contributed by atoms with Crippen LogP contribution in [0, 0.1) is 23.2 Å². The standard InChI is InChI=1S/C26H24N4O3S/c1-16-22-13-12-21-23(17-8-10-20(11-9-17)30-34(2,32)33)28-29-25(21)26(22,14-18(15-27)24(16)31)19-6-4-3-5-7-19/h3-11,14,16,22,30H,12-13H2,1-2H3,(H,28,29)/t16-,22-,26+/m0/s1. The monoisotopic (exact) mass is 472 g/mol. The minimum Gasteiger partial charge on any atom is -0.293 e. The van der Waals surface area contributed by atoms with Gasteiger partial charge in [-0.3, -0.25) is 14.6 Å². The maximum atomic E-state index is 12.9. The molecule has 0 saturated heterocycles. The van der Waals surface area contributed by atoms with Gasteiger partial charge in [-0.15, -0.1) is 0 Å². The fourth-order valence-corrected chi connectivity index (χ4v) is 6.16. The number of carbonyl (C=O) groups excluding carboxylic acids is 1. The molecule has 7 nitrogen and oxygen atoms in total. The van der Waals surface area contributed by atoms with E-state index in [0.29, 0.717) is 5.69 Å². The van der Waals surface area contributed by atoms with Gasteiger partial charge < -0.3 is 0 Å². The number of nitrogens with one attached hydrogen (secondary N) is 2. The highest BCUT2D eigenvalue weighted by Gasteiger charge is 2.53. The summed E-state index contributed by atoms with van der Waals surface area (Å²) in [5.74, 6) is -0.411. The Hall–Kier alpha value is -3.70. The van der Waals surface area contributed by atoms with Crippen LogP contribution in [0.1, 0.15) is 30.2 Å². The molecule has 3 atom stereocenters. The maximum absolute atomic E-state index is 12.9. The molecular formula is C26H24N4O3S. The van der Waals surface area contributed by atoms with Crippen LogP contribution < -0.4 is 4.72 Å². The third-order valence-corrected chi connectivity index (χ3v) is 7.66. The van der Waals surface area contributed by atoms with Crippen molar-refractivity contribution in [2.45, 2.75) is 25.2 Å². The van der Waals surface area contributed by atoms with Crippen molar-refractivity contribution >= 4 is 21.5 Å². The van der Waals surface area contributed by atoms with Crippen LogP contribution in [0.15, 0.2) is 66.2 Å². The number of hydrogen-bond donors (Lipinski definition) is 2. The van der Waals surface area contributed by atoms with Gasteiger partial charge in [0, 0.05) is 17.2 Å². The lowest BCUT2D eigenvalue weighted by atomic mass is 9.54. The van der Waals surface area contributed by atoms with Gasteiger partial charge in [-0.05, 0) is 48.1 Å². The van der Waals surface area contributed by atoms with E-state index in [9.17, 15) is 18.5 Å². The molecule has 3 aromatic rings. The van der Waals surface area contributed by atoms with Crippen LogP contribution in [0.25, 0.3) is 11.3 Å². The van der Waals surface area contributed by atoms with E-state index in [0.717, 1.165) is 47.2 Å². The molecule has 0 bridgehead atoms. The molecule has 0 saturated carbocycles. The molecule has 0 radical (unpaired) electrons. The summed E-state index contributed by atoms with van der Waals surface area (Å²) in [7, 11) is -3.36. The summed E-state index contributed by atoms with van der Waals surface area (Å²) in [6, 6.07) is 19.2. The van der Waals surface area contributed by atoms with Gasteiger partial charge in [0.1, 0.15) is 6.07 Å². The Bertz CT molecular complexity index is 1450. The van der Waals surface area contributed by atoms with Gasteiger partial charge in [0.2, 0.25) is 10.0 Å². The molecule has 0 aliphatic heterocycles. The van der Waals surface area contributed by atoms with E-state index in [-0.39, 0.29) is 23.2 Å². The largest absolute Gasteiger partial charge is 0.293 e. The lowest BCUT2D eigenvalue weighted by Crippen LogP contribution is -2.48. The normalized spacial score (nSPS) is 23.9. The first-order valence-electron chi connectivity index (χ1n) is 11.1. The van der Waals surface area contributed by atoms with E-state index in [1.54, 1.807) is 12.1 Å². The van der Waals surface area contributed by atoms with Gasteiger partial charge in [0.15, 0.2) is 5.78 Å². The van der Waals surface area contributed by atoms with Gasteiger partial charge in [0.25, 0.3) is 0 Å². The third kappa shape index (κ3) is 3.44. The predicted molar refractivity (Wildman–Crippen MR) is 129 cm³/mol. The average Bonchev–Trinajstić information content (AvgIpc) is 3.26. The van der Waals surface area contributed by atoms with Gasteiger partial charge in [0.05, 0.1) is 28.6 Å². The number of rotatable bonds is 4. The van der Waals surface area contributed by atoms with E-state index in [4.69, 9.17) is 5.10 Å². The lowest BCUT2D eigenvalue weighted by Gasteiger charge is -2.47.